The number of aliphatic hydroxyl groups is 1. The number of carboxylic acid groups (broad SMARTS) is 1. The summed E-state index contributed by atoms with van der Waals surface area (Å²) >= 11 is 0. The number of carbonyl (C=O) groups excluding carboxylic acids is 2. The van der Waals surface area contributed by atoms with Crippen molar-refractivity contribution in [2.24, 2.45) is 0 Å². The van der Waals surface area contributed by atoms with Gasteiger partial charge in [-0.3, -0.25) is 9.59 Å². The second-order valence-corrected chi connectivity index (χ2v) is 14.0. The Balaban J connectivity index is 2.45. The van der Waals surface area contributed by atoms with Crippen LogP contribution in [0.5, 0.6) is 0 Å². The van der Waals surface area contributed by atoms with Crippen molar-refractivity contribution in [3.63, 3.8) is 0 Å². The van der Waals surface area contributed by atoms with Gasteiger partial charge in [-0.15, -0.1) is 0 Å². The summed E-state index contributed by atoms with van der Waals surface area (Å²) in [5.74, 6) is -2.47. The van der Waals surface area contributed by atoms with Crippen molar-refractivity contribution >= 4 is 36.5 Å². The monoisotopic (exact) mass is 500 g/mol. The Morgan fingerprint density at radius 1 is 1.00 bits per heavy atom. The quantitative estimate of drug-likeness (QED) is 0.424. The summed E-state index contributed by atoms with van der Waals surface area (Å²) in [6.45, 7) is 8.56. The van der Waals surface area contributed by atoms with E-state index in [-0.39, 0.29) is 11.6 Å². The van der Waals surface area contributed by atoms with E-state index < -0.39 is 44.3 Å². The van der Waals surface area contributed by atoms with E-state index >= 15 is 0 Å². The summed E-state index contributed by atoms with van der Waals surface area (Å²) < 4.78 is 6.64. The molecule has 0 spiro atoms. The van der Waals surface area contributed by atoms with Crippen LogP contribution in [-0.2, 0) is 18.8 Å². The molecule has 1 unspecified atom stereocenters. The maximum absolute atomic E-state index is 12.9. The molecule has 2 rings (SSSR count). The number of nitrogens with zero attached hydrogens (tertiary/aromatic N) is 1. The lowest BCUT2D eigenvalue weighted by molar-refractivity contribution is -0.146. The first kappa shape index (κ1) is 28.2. The fourth-order valence-electron chi connectivity index (χ4n) is 4.32. The average Bonchev–Trinajstić information content (AvgIpc) is 2.78. The second-order valence-electron chi connectivity index (χ2n) is 9.69. The third-order valence-electron chi connectivity index (χ3n) is 6.14. The summed E-state index contributed by atoms with van der Waals surface area (Å²) in [6, 6.07) is 16.9. The summed E-state index contributed by atoms with van der Waals surface area (Å²) in [7, 11) is -1.64. The number of nitrogens with one attached hydrogen (secondary N) is 1. The van der Waals surface area contributed by atoms with E-state index in [4.69, 9.17) is 4.43 Å². The normalized spacial score (nSPS) is 14.5. The lowest BCUT2D eigenvalue weighted by Gasteiger charge is -2.43. The van der Waals surface area contributed by atoms with Crippen LogP contribution in [0.2, 0.25) is 5.04 Å². The van der Waals surface area contributed by atoms with Crippen LogP contribution in [0.4, 0.5) is 0 Å². The van der Waals surface area contributed by atoms with Crippen LogP contribution in [0.15, 0.2) is 60.7 Å². The maximum Gasteiger partial charge on any atom is 0.328 e. The SMILES string of the molecule is CC(=O)N(C)[C@H](C(=O)NC(CO[Si](c1ccccc1)(c1ccccc1)C(C)(C)C)C(=O)O)[C@@H](C)O. The Bertz CT molecular complexity index is 968. The molecule has 9 heteroatoms. The lowest BCUT2D eigenvalue weighted by atomic mass is 10.1. The molecule has 0 aliphatic carbocycles. The number of aliphatic hydroxyl groups excluding tert-OH is 1. The van der Waals surface area contributed by atoms with Crippen LogP contribution in [0.25, 0.3) is 0 Å². The zero-order valence-corrected chi connectivity index (χ0v) is 22.2. The zero-order valence-electron chi connectivity index (χ0n) is 21.2. The van der Waals surface area contributed by atoms with Crippen LogP contribution in [0, 0.1) is 0 Å². The first-order valence-corrected chi connectivity index (χ1v) is 13.4. The number of hydrogen-bond acceptors (Lipinski definition) is 5. The van der Waals surface area contributed by atoms with Crippen molar-refractivity contribution in [3.05, 3.63) is 60.7 Å². The first-order chi connectivity index (χ1) is 16.3. The molecule has 0 bridgehead atoms. The van der Waals surface area contributed by atoms with Gasteiger partial charge in [0.25, 0.3) is 8.32 Å². The molecular formula is C26H36N2O6Si. The van der Waals surface area contributed by atoms with Crippen LogP contribution in [-0.4, -0.2) is 73.1 Å². The van der Waals surface area contributed by atoms with Gasteiger partial charge in [-0.05, 0) is 22.3 Å². The highest BCUT2D eigenvalue weighted by molar-refractivity contribution is 6.99. The molecule has 35 heavy (non-hydrogen) atoms. The number of likely N-dealkylation sites (N-methyl/N-ethyl adjacent to an activating group) is 1. The number of amides is 2. The molecule has 0 saturated carbocycles. The fraction of sp³-hybridized carbons (Fsp3) is 0.423. The molecule has 0 radical (unpaired) electrons. The Labute approximate surface area is 208 Å². The molecular weight excluding hydrogens is 464 g/mol. The predicted octanol–water partition coefficient (Wildman–Crippen LogP) is 1.36. The highest BCUT2D eigenvalue weighted by atomic mass is 28.4. The highest BCUT2D eigenvalue weighted by Crippen LogP contribution is 2.36. The molecule has 2 aromatic rings. The molecule has 0 aliphatic rings. The van der Waals surface area contributed by atoms with Crippen LogP contribution >= 0.6 is 0 Å². The maximum atomic E-state index is 12.9. The topological polar surface area (TPSA) is 116 Å². The second kappa shape index (κ2) is 11.6. The summed E-state index contributed by atoms with van der Waals surface area (Å²) in [5, 5.41) is 24.0. The number of hydrogen-bond donors (Lipinski definition) is 3. The summed E-state index contributed by atoms with van der Waals surface area (Å²) in [4.78, 5) is 38.0. The molecule has 0 fully saturated rings. The smallest absolute Gasteiger partial charge is 0.328 e. The van der Waals surface area contributed by atoms with Gasteiger partial charge >= 0.3 is 5.97 Å². The van der Waals surface area contributed by atoms with Crippen LogP contribution in [0.3, 0.4) is 0 Å². The van der Waals surface area contributed by atoms with E-state index in [1.165, 1.54) is 20.9 Å². The van der Waals surface area contributed by atoms with E-state index in [0.29, 0.717) is 0 Å². The number of aliphatic carboxylic acids is 1. The van der Waals surface area contributed by atoms with E-state index in [1.54, 1.807) is 0 Å². The van der Waals surface area contributed by atoms with E-state index in [0.717, 1.165) is 15.3 Å². The fourth-order valence-corrected chi connectivity index (χ4v) is 8.89. The van der Waals surface area contributed by atoms with E-state index in [9.17, 15) is 24.6 Å². The molecule has 0 aromatic heterocycles. The molecule has 8 nitrogen and oxygen atoms in total. The number of benzene rings is 2. The molecule has 0 aliphatic heterocycles. The van der Waals surface area contributed by atoms with Crippen molar-refractivity contribution in [2.75, 3.05) is 13.7 Å². The number of carbonyl (C=O) groups is 3. The van der Waals surface area contributed by atoms with Gasteiger partial charge in [0.05, 0.1) is 12.7 Å². The third kappa shape index (κ3) is 6.36. The van der Waals surface area contributed by atoms with E-state index in [2.05, 4.69) is 26.1 Å². The Kier molecular flexibility index (Phi) is 9.36. The number of carboxylic acids is 1. The van der Waals surface area contributed by atoms with Crippen molar-refractivity contribution in [2.45, 2.75) is 57.8 Å². The van der Waals surface area contributed by atoms with Gasteiger partial charge in [0.2, 0.25) is 11.8 Å². The minimum Gasteiger partial charge on any atom is -0.480 e. The van der Waals surface area contributed by atoms with Crippen molar-refractivity contribution < 1.29 is 29.0 Å². The third-order valence-corrected chi connectivity index (χ3v) is 11.1. The lowest BCUT2D eigenvalue weighted by Crippen LogP contribution is -2.68. The summed E-state index contributed by atoms with van der Waals surface area (Å²) in [6.07, 6.45) is -1.20. The molecule has 190 valence electrons. The highest BCUT2D eigenvalue weighted by Gasteiger charge is 2.50. The first-order valence-electron chi connectivity index (χ1n) is 11.5. The van der Waals surface area contributed by atoms with Gasteiger partial charge in [-0.2, -0.15) is 0 Å². The molecule has 0 saturated heterocycles. The Morgan fingerprint density at radius 2 is 1.46 bits per heavy atom. The molecule has 0 heterocycles. The van der Waals surface area contributed by atoms with Gasteiger partial charge in [0, 0.05) is 14.0 Å². The van der Waals surface area contributed by atoms with Crippen molar-refractivity contribution in [3.8, 4) is 0 Å². The predicted molar refractivity (Wildman–Crippen MR) is 137 cm³/mol. The van der Waals surface area contributed by atoms with E-state index in [1.807, 2.05) is 60.7 Å². The Hall–Kier alpha value is -3.01. The van der Waals surface area contributed by atoms with Gasteiger partial charge in [0.15, 0.2) is 0 Å². The largest absolute Gasteiger partial charge is 0.480 e. The molecule has 3 N–H and O–H groups in total. The van der Waals surface area contributed by atoms with Crippen molar-refractivity contribution in [1.82, 2.24) is 10.2 Å². The summed E-state index contributed by atoms with van der Waals surface area (Å²) in [5.41, 5.74) is 0. The molecule has 3 atom stereocenters. The minimum atomic E-state index is -3.03. The zero-order chi connectivity index (χ0) is 26.4. The van der Waals surface area contributed by atoms with Crippen molar-refractivity contribution in [1.29, 1.82) is 0 Å². The molecule has 2 amide bonds. The van der Waals surface area contributed by atoms with Crippen LogP contribution < -0.4 is 15.7 Å². The van der Waals surface area contributed by atoms with Crippen LogP contribution in [0.1, 0.15) is 34.6 Å². The molecule has 2 aromatic carbocycles. The number of rotatable bonds is 10. The average molecular weight is 501 g/mol. The Morgan fingerprint density at radius 3 is 1.80 bits per heavy atom. The standard InChI is InChI=1S/C26H36N2O6Si/c1-18(29)23(28(6)19(2)30)24(31)27-22(25(32)33)17-34-35(26(3,4)5,20-13-9-7-10-14-20)21-15-11-8-12-16-21/h7-16,18,22-23,29H,17H2,1-6H3,(H,27,31)(H,32,33)/t18-,22?,23+/m1/s1. The van der Waals surface area contributed by atoms with Gasteiger partial charge < -0.3 is 24.9 Å². The minimum absolute atomic E-state index is 0.287. The van der Waals surface area contributed by atoms with Gasteiger partial charge in [0.1, 0.15) is 12.1 Å². The van der Waals surface area contributed by atoms with Gasteiger partial charge in [-0.1, -0.05) is 81.4 Å². The van der Waals surface area contributed by atoms with Gasteiger partial charge in [-0.25, -0.2) is 4.79 Å².